The Labute approximate surface area is 117 Å². The zero-order valence-corrected chi connectivity index (χ0v) is 11.2. The fraction of sp³-hybridized carbons (Fsp3) is 0.429. The summed E-state index contributed by atoms with van der Waals surface area (Å²) in [5.41, 5.74) is 12.9. The minimum Gasteiger partial charge on any atom is -0.330 e. The van der Waals surface area contributed by atoms with E-state index in [9.17, 15) is 9.59 Å². The molecule has 20 heavy (non-hydrogen) atoms. The fourth-order valence-corrected chi connectivity index (χ4v) is 2.04. The van der Waals surface area contributed by atoms with Gasteiger partial charge >= 0.3 is 0 Å². The summed E-state index contributed by atoms with van der Waals surface area (Å²) >= 11 is 0. The third-order valence-electron chi connectivity index (χ3n) is 2.98. The van der Waals surface area contributed by atoms with Crippen LogP contribution in [0.25, 0.3) is 0 Å². The van der Waals surface area contributed by atoms with E-state index < -0.39 is 0 Å². The number of hydrogen-bond acceptors (Lipinski definition) is 6. The summed E-state index contributed by atoms with van der Waals surface area (Å²) in [6, 6.07) is 4.58. The predicted octanol–water partition coefficient (Wildman–Crippen LogP) is 2.14. The third-order valence-corrected chi connectivity index (χ3v) is 2.98. The van der Waals surface area contributed by atoms with E-state index in [0.29, 0.717) is 29.9 Å². The topological polar surface area (TPSA) is 111 Å². The highest BCUT2D eigenvalue weighted by Gasteiger charge is 2.15. The third kappa shape index (κ3) is 4.53. The first-order valence-corrected chi connectivity index (χ1v) is 6.49. The van der Waals surface area contributed by atoms with Gasteiger partial charge in [-0.15, -0.1) is 0 Å². The summed E-state index contributed by atoms with van der Waals surface area (Å²) in [6.07, 6.45) is 6.51. The summed E-state index contributed by atoms with van der Waals surface area (Å²) in [5, 5.41) is 0. The lowest BCUT2D eigenvalue weighted by Gasteiger charge is -2.15. The predicted molar refractivity (Wildman–Crippen MR) is 76.5 cm³/mol. The van der Waals surface area contributed by atoms with Gasteiger partial charge in [-0.2, -0.15) is 9.98 Å². The van der Waals surface area contributed by atoms with Crippen LogP contribution in [0.15, 0.2) is 28.2 Å². The molecule has 1 unspecified atom stereocenters. The van der Waals surface area contributed by atoms with Crippen LogP contribution in [0.3, 0.4) is 0 Å². The molecule has 0 aliphatic rings. The van der Waals surface area contributed by atoms with Crippen LogP contribution < -0.4 is 11.5 Å². The van der Waals surface area contributed by atoms with E-state index in [4.69, 9.17) is 11.5 Å². The molecular formula is C14H18N4O2. The van der Waals surface area contributed by atoms with Crippen molar-refractivity contribution in [3.8, 4) is 0 Å². The van der Waals surface area contributed by atoms with Gasteiger partial charge in [-0.1, -0.05) is 18.9 Å². The van der Waals surface area contributed by atoms with Gasteiger partial charge in [-0.05, 0) is 31.5 Å². The van der Waals surface area contributed by atoms with Crippen molar-refractivity contribution >= 4 is 23.5 Å². The molecule has 0 aliphatic heterocycles. The lowest BCUT2D eigenvalue weighted by Crippen LogP contribution is -2.11. The Morgan fingerprint density at radius 2 is 1.65 bits per heavy atom. The van der Waals surface area contributed by atoms with Gasteiger partial charge in [0.2, 0.25) is 12.2 Å². The van der Waals surface area contributed by atoms with Gasteiger partial charge in [0.1, 0.15) is 0 Å². The fourth-order valence-electron chi connectivity index (χ4n) is 2.04. The molecule has 1 rings (SSSR count). The number of nitrogens with zero attached hydrogens (tertiary/aromatic N) is 2. The van der Waals surface area contributed by atoms with E-state index in [-0.39, 0.29) is 6.04 Å². The number of rotatable bonds is 8. The van der Waals surface area contributed by atoms with Crippen molar-refractivity contribution in [1.82, 2.24) is 0 Å². The maximum atomic E-state index is 10.5. The smallest absolute Gasteiger partial charge is 0.240 e. The van der Waals surface area contributed by atoms with Crippen molar-refractivity contribution < 1.29 is 9.59 Å². The summed E-state index contributed by atoms with van der Waals surface area (Å²) in [5.74, 6) is 0. The molecule has 1 aromatic rings. The molecular weight excluding hydrogens is 256 g/mol. The van der Waals surface area contributed by atoms with Crippen LogP contribution in [0.5, 0.6) is 0 Å². The molecule has 0 bridgehead atoms. The van der Waals surface area contributed by atoms with Crippen LogP contribution in [0, 0.1) is 0 Å². The van der Waals surface area contributed by atoms with Gasteiger partial charge in [0, 0.05) is 11.6 Å². The summed E-state index contributed by atoms with van der Waals surface area (Å²) in [4.78, 5) is 28.2. The van der Waals surface area contributed by atoms with E-state index in [1.165, 1.54) is 12.2 Å². The molecule has 1 aromatic carbocycles. The second-order valence-electron chi connectivity index (χ2n) is 4.36. The first kappa shape index (κ1) is 16.0. The van der Waals surface area contributed by atoms with Gasteiger partial charge in [-0.25, -0.2) is 9.59 Å². The average molecular weight is 274 g/mol. The molecule has 0 saturated heterocycles. The van der Waals surface area contributed by atoms with Crippen LogP contribution in [0.4, 0.5) is 11.4 Å². The highest BCUT2D eigenvalue weighted by Crippen LogP contribution is 2.35. The Bertz CT molecular complexity index is 496. The highest BCUT2D eigenvalue weighted by molar-refractivity contribution is 5.66. The maximum Gasteiger partial charge on any atom is 0.240 e. The Balaban J connectivity index is 2.99. The van der Waals surface area contributed by atoms with Crippen molar-refractivity contribution in [3.63, 3.8) is 0 Å². The van der Waals surface area contributed by atoms with Crippen molar-refractivity contribution in [2.24, 2.45) is 21.5 Å². The number of aliphatic imine (C=N–C) groups is 2. The van der Waals surface area contributed by atoms with E-state index in [2.05, 4.69) is 9.98 Å². The number of hydrogen-bond donors (Lipinski definition) is 2. The number of nitrogens with two attached hydrogens (primary N) is 2. The Morgan fingerprint density at radius 3 is 2.15 bits per heavy atom. The van der Waals surface area contributed by atoms with Gasteiger partial charge in [0.25, 0.3) is 0 Å². The SMILES string of the molecule is NCCCCCC(N)c1c(N=C=O)cccc1N=C=O. The van der Waals surface area contributed by atoms with E-state index in [1.807, 2.05) is 0 Å². The first-order valence-electron chi connectivity index (χ1n) is 6.49. The standard InChI is InChI=1S/C14H18N4O2/c15-8-3-1-2-5-11(16)14-12(17-9-19)6-4-7-13(14)18-10-20/h4,6-7,11H,1-3,5,8,15-16H2. The lowest BCUT2D eigenvalue weighted by molar-refractivity contribution is 0.563. The van der Waals surface area contributed by atoms with Crippen LogP contribution in [0.1, 0.15) is 37.3 Å². The zero-order chi connectivity index (χ0) is 14.8. The number of carbonyl (C=O) groups excluding carboxylic acids is 2. The monoisotopic (exact) mass is 274 g/mol. The molecule has 0 aromatic heterocycles. The average Bonchev–Trinajstić information content (AvgIpc) is 2.44. The first-order chi connectivity index (χ1) is 9.74. The van der Waals surface area contributed by atoms with Crippen LogP contribution in [-0.2, 0) is 9.59 Å². The molecule has 0 heterocycles. The molecule has 6 nitrogen and oxygen atoms in total. The molecule has 0 aliphatic carbocycles. The molecule has 6 heteroatoms. The number of isocyanates is 2. The molecule has 0 saturated carbocycles. The van der Waals surface area contributed by atoms with E-state index in [1.54, 1.807) is 18.2 Å². The van der Waals surface area contributed by atoms with Gasteiger partial charge in [0.15, 0.2) is 0 Å². The van der Waals surface area contributed by atoms with E-state index >= 15 is 0 Å². The van der Waals surface area contributed by atoms with Crippen LogP contribution >= 0.6 is 0 Å². The van der Waals surface area contributed by atoms with Gasteiger partial charge < -0.3 is 11.5 Å². The van der Waals surface area contributed by atoms with Crippen LogP contribution in [-0.4, -0.2) is 18.7 Å². The van der Waals surface area contributed by atoms with Crippen LogP contribution in [0.2, 0.25) is 0 Å². The van der Waals surface area contributed by atoms with Gasteiger partial charge in [0.05, 0.1) is 11.4 Å². The molecule has 106 valence electrons. The quantitative estimate of drug-likeness (QED) is 0.429. The van der Waals surface area contributed by atoms with Crippen molar-refractivity contribution in [1.29, 1.82) is 0 Å². The summed E-state index contributed by atoms with van der Waals surface area (Å²) < 4.78 is 0. The summed E-state index contributed by atoms with van der Waals surface area (Å²) in [6.45, 7) is 0.655. The Kier molecular flexibility index (Phi) is 7.11. The molecule has 0 fully saturated rings. The second kappa shape index (κ2) is 8.91. The number of unbranched alkanes of at least 4 members (excludes halogenated alkanes) is 2. The van der Waals surface area contributed by atoms with Crippen molar-refractivity contribution in [2.45, 2.75) is 31.7 Å². The molecule has 0 spiro atoms. The van der Waals surface area contributed by atoms with Crippen molar-refractivity contribution in [3.05, 3.63) is 23.8 Å². The minimum absolute atomic E-state index is 0.354. The molecule has 4 N–H and O–H groups in total. The number of benzene rings is 1. The second-order valence-corrected chi connectivity index (χ2v) is 4.36. The molecule has 1 atom stereocenters. The zero-order valence-electron chi connectivity index (χ0n) is 11.2. The van der Waals surface area contributed by atoms with E-state index in [0.717, 1.165) is 19.3 Å². The normalized spacial score (nSPS) is 11.3. The molecule has 0 radical (unpaired) electrons. The highest BCUT2D eigenvalue weighted by atomic mass is 16.1. The Hall–Kier alpha value is -2.10. The van der Waals surface area contributed by atoms with Gasteiger partial charge in [-0.3, -0.25) is 0 Å². The molecule has 0 amide bonds. The minimum atomic E-state index is -0.354. The largest absolute Gasteiger partial charge is 0.330 e. The Morgan fingerprint density at radius 1 is 1.05 bits per heavy atom. The summed E-state index contributed by atoms with van der Waals surface area (Å²) in [7, 11) is 0. The maximum absolute atomic E-state index is 10.5. The lowest BCUT2D eigenvalue weighted by atomic mass is 9.98. The van der Waals surface area contributed by atoms with Crippen molar-refractivity contribution in [2.75, 3.05) is 6.54 Å².